The van der Waals surface area contributed by atoms with Crippen LogP contribution in [-0.4, -0.2) is 33.4 Å². The molecule has 0 aliphatic heterocycles. The van der Waals surface area contributed by atoms with Crippen LogP contribution in [0, 0.1) is 10.1 Å². The zero-order chi connectivity index (χ0) is 17.0. The Morgan fingerprint density at radius 3 is 2.43 bits per heavy atom. The summed E-state index contributed by atoms with van der Waals surface area (Å²) in [4.78, 5) is 37.5. The number of aromatic nitrogens is 1. The van der Waals surface area contributed by atoms with Gasteiger partial charge in [-0.25, -0.2) is 4.79 Å². The van der Waals surface area contributed by atoms with Crippen molar-refractivity contribution < 1.29 is 19.6 Å². The van der Waals surface area contributed by atoms with E-state index in [0.29, 0.717) is 12.1 Å². The molecule has 0 spiro atoms. The topological polar surface area (TPSA) is 122 Å². The molecule has 8 nitrogen and oxygen atoms in total. The Balaban J connectivity index is 2.58. The first-order valence-corrected chi connectivity index (χ1v) is 6.71. The Bertz CT molecular complexity index is 771. The minimum Gasteiger partial charge on any atom is -0.478 e. The number of benzene rings is 1. The number of carbonyl (C=O) groups is 2. The number of pyridine rings is 1. The second kappa shape index (κ2) is 6.65. The molecule has 1 aromatic heterocycles. The van der Waals surface area contributed by atoms with E-state index in [1.807, 2.05) is 0 Å². The Morgan fingerprint density at radius 1 is 1.26 bits per heavy atom. The van der Waals surface area contributed by atoms with Gasteiger partial charge < -0.3 is 10.4 Å². The van der Waals surface area contributed by atoms with Crippen LogP contribution in [0.3, 0.4) is 0 Å². The Labute approximate surface area is 130 Å². The number of rotatable bonds is 5. The van der Waals surface area contributed by atoms with Gasteiger partial charge in [-0.3, -0.25) is 19.9 Å². The van der Waals surface area contributed by atoms with E-state index in [-0.39, 0.29) is 22.5 Å². The molecule has 2 rings (SSSR count). The molecule has 2 N–H and O–H groups in total. The van der Waals surface area contributed by atoms with Crippen LogP contribution in [-0.2, 0) is 0 Å². The fourth-order valence-electron chi connectivity index (χ4n) is 2.10. The van der Waals surface area contributed by atoms with Gasteiger partial charge in [0.05, 0.1) is 10.5 Å². The number of non-ortho nitro benzene ring substituents is 1. The van der Waals surface area contributed by atoms with Crippen molar-refractivity contribution >= 4 is 17.6 Å². The number of carbonyl (C=O) groups excluding carboxylic acids is 1. The van der Waals surface area contributed by atoms with Crippen molar-refractivity contribution in [2.75, 3.05) is 6.54 Å². The summed E-state index contributed by atoms with van der Waals surface area (Å²) in [5.74, 6) is -1.89. The third-order valence-corrected chi connectivity index (χ3v) is 3.11. The molecule has 1 aromatic carbocycles. The molecule has 0 aliphatic rings. The van der Waals surface area contributed by atoms with Crippen LogP contribution in [0.1, 0.15) is 27.8 Å². The average Bonchev–Trinajstić information content (AvgIpc) is 2.54. The molecule has 0 unspecified atom stereocenters. The van der Waals surface area contributed by atoms with Crippen LogP contribution >= 0.6 is 0 Å². The Morgan fingerprint density at radius 2 is 1.91 bits per heavy atom. The lowest BCUT2D eigenvalue weighted by Crippen LogP contribution is -2.26. The van der Waals surface area contributed by atoms with Crippen molar-refractivity contribution in [2.45, 2.75) is 6.92 Å². The van der Waals surface area contributed by atoms with Gasteiger partial charge in [0.15, 0.2) is 0 Å². The summed E-state index contributed by atoms with van der Waals surface area (Å²) < 4.78 is 0. The molecule has 1 heterocycles. The summed E-state index contributed by atoms with van der Waals surface area (Å²) in [5.41, 5.74) is 0.163. The van der Waals surface area contributed by atoms with Crippen molar-refractivity contribution in [1.29, 1.82) is 0 Å². The van der Waals surface area contributed by atoms with Gasteiger partial charge in [0.1, 0.15) is 5.69 Å². The predicted molar refractivity (Wildman–Crippen MR) is 81.3 cm³/mol. The summed E-state index contributed by atoms with van der Waals surface area (Å²) in [6.45, 7) is 2.04. The minimum absolute atomic E-state index is 0.108. The van der Waals surface area contributed by atoms with Crippen molar-refractivity contribution in [3.63, 3.8) is 0 Å². The number of amides is 1. The normalized spacial score (nSPS) is 10.1. The highest BCUT2D eigenvalue weighted by molar-refractivity contribution is 6.07. The number of hydrogen-bond donors (Lipinski definition) is 2. The summed E-state index contributed by atoms with van der Waals surface area (Å²) in [6.07, 6.45) is 1.33. The highest BCUT2D eigenvalue weighted by Crippen LogP contribution is 2.27. The number of nitro benzene ring substituents is 1. The zero-order valence-corrected chi connectivity index (χ0v) is 12.1. The van der Waals surface area contributed by atoms with Gasteiger partial charge in [0.2, 0.25) is 0 Å². The first-order valence-electron chi connectivity index (χ1n) is 6.71. The highest BCUT2D eigenvalue weighted by atomic mass is 16.6. The van der Waals surface area contributed by atoms with Crippen LogP contribution in [0.15, 0.2) is 36.5 Å². The molecule has 0 aliphatic carbocycles. The first kappa shape index (κ1) is 16.1. The van der Waals surface area contributed by atoms with Gasteiger partial charge in [0, 0.05) is 30.4 Å². The third-order valence-electron chi connectivity index (χ3n) is 3.11. The van der Waals surface area contributed by atoms with Crippen molar-refractivity contribution in [3.05, 3.63) is 57.9 Å². The molecule has 0 bridgehead atoms. The number of nitrogens with zero attached hydrogens (tertiary/aromatic N) is 2. The van der Waals surface area contributed by atoms with Gasteiger partial charge in [-0.2, -0.15) is 0 Å². The standard InChI is InChI=1S/C15H13N3O5/c1-2-16-14(19)13-12(15(20)21)11(7-8-17-13)9-3-5-10(6-4-9)18(22)23/h3-8H,2H2,1H3,(H,16,19)(H,20,21). The second-order valence-electron chi connectivity index (χ2n) is 4.55. The summed E-state index contributed by atoms with van der Waals surface area (Å²) in [5, 5.41) is 22.6. The highest BCUT2D eigenvalue weighted by Gasteiger charge is 2.22. The summed E-state index contributed by atoms with van der Waals surface area (Å²) >= 11 is 0. The smallest absolute Gasteiger partial charge is 0.338 e. The van der Waals surface area contributed by atoms with Gasteiger partial charge in [0.25, 0.3) is 11.6 Å². The van der Waals surface area contributed by atoms with Crippen LogP contribution in [0.4, 0.5) is 5.69 Å². The van der Waals surface area contributed by atoms with Crippen LogP contribution in [0.25, 0.3) is 11.1 Å². The first-order chi connectivity index (χ1) is 11.0. The molecule has 2 aromatic rings. The summed E-state index contributed by atoms with van der Waals surface area (Å²) in [7, 11) is 0. The number of aromatic carboxylic acids is 1. The van der Waals surface area contributed by atoms with Gasteiger partial charge >= 0.3 is 5.97 Å². The summed E-state index contributed by atoms with van der Waals surface area (Å²) in [6, 6.07) is 6.86. The predicted octanol–water partition coefficient (Wildman–Crippen LogP) is 2.10. The Kier molecular flexibility index (Phi) is 4.65. The van der Waals surface area contributed by atoms with E-state index in [9.17, 15) is 24.8 Å². The largest absolute Gasteiger partial charge is 0.478 e. The van der Waals surface area contributed by atoms with E-state index in [2.05, 4.69) is 10.3 Å². The van der Waals surface area contributed by atoms with Gasteiger partial charge in [-0.15, -0.1) is 0 Å². The van der Waals surface area contributed by atoms with E-state index in [1.54, 1.807) is 6.92 Å². The maximum Gasteiger partial charge on any atom is 0.338 e. The van der Waals surface area contributed by atoms with Gasteiger partial charge in [-0.05, 0) is 30.7 Å². The molecule has 23 heavy (non-hydrogen) atoms. The number of hydrogen-bond acceptors (Lipinski definition) is 5. The lowest BCUT2D eigenvalue weighted by Gasteiger charge is -2.10. The second-order valence-corrected chi connectivity index (χ2v) is 4.55. The average molecular weight is 315 g/mol. The molecule has 118 valence electrons. The monoisotopic (exact) mass is 315 g/mol. The lowest BCUT2D eigenvalue weighted by molar-refractivity contribution is -0.384. The SMILES string of the molecule is CCNC(=O)c1nccc(-c2ccc([N+](=O)[O-])cc2)c1C(=O)O. The quantitative estimate of drug-likeness (QED) is 0.643. The number of nitro groups is 1. The van der Waals surface area contributed by atoms with Crippen LogP contribution in [0.2, 0.25) is 0 Å². The maximum absolute atomic E-state index is 12.0. The number of carboxylic acids is 1. The molecular formula is C15H13N3O5. The van der Waals surface area contributed by atoms with Crippen molar-refractivity contribution in [3.8, 4) is 11.1 Å². The van der Waals surface area contributed by atoms with E-state index in [1.165, 1.54) is 36.5 Å². The number of nitrogens with one attached hydrogen (secondary N) is 1. The Hall–Kier alpha value is -3.29. The molecular weight excluding hydrogens is 302 g/mol. The molecule has 0 saturated heterocycles. The molecule has 0 fully saturated rings. The van der Waals surface area contributed by atoms with Crippen LogP contribution in [0.5, 0.6) is 0 Å². The lowest BCUT2D eigenvalue weighted by atomic mass is 9.98. The minimum atomic E-state index is -1.30. The molecule has 0 atom stereocenters. The molecule has 8 heteroatoms. The van der Waals surface area contributed by atoms with E-state index >= 15 is 0 Å². The zero-order valence-electron chi connectivity index (χ0n) is 12.1. The maximum atomic E-state index is 12.0. The van der Waals surface area contributed by atoms with E-state index in [0.717, 1.165) is 0 Å². The fraction of sp³-hybridized carbons (Fsp3) is 0.133. The van der Waals surface area contributed by atoms with Crippen molar-refractivity contribution in [2.24, 2.45) is 0 Å². The van der Waals surface area contributed by atoms with E-state index < -0.39 is 16.8 Å². The van der Waals surface area contributed by atoms with Crippen LogP contribution < -0.4 is 5.32 Å². The van der Waals surface area contributed by atoms with Crippen molar-refractivity contribution in [1.82, 2.24) is 10.3 Å². The van der Waals surface area contributed by atoms with Gasteiger partial charge in [-0.1, -0.05) is 0 Å². The molecule has 0 radical (unpaired) electrons. The third kappa shape index (κ3) is 3.31. The fourth-order valence-corrected chi connectivity index (χ4v) is 2.10. The number of carboxylic acid groups (broad SMARTS) is 1. The molecule has 1 amide bonds. The van der Waals surface area contributed by atoms with E-state index in [4.69, 9.17) is 0 Å². The molecule has 0 saturated carbocycles.